The number of rotatable bonds is 4. The van der Waals surface area contributed by atoms with Crippen LogP contribution < -0.4 is 5.32 Å². The molecule has 2 bridgehead atoms. The Hall–Kier alpha value is -3.09. The van der Waals surface area contributed by atoms with Crippen LogP contribution in [-0.4, -0.2) is 21.5 Å². The number of benzene rings is 2. The smallest absolute Gasteiger partial charge is 0.347 e. The van der Waals surface area contributed by atoms with Crippen LogP contribution in [0.2, 0.25) is 0 Å². The molecule has 2 aromatic carbocycles. The number of halogens is 3. The Bertz CT molecular complexity index is 1250. The maximum Gasteiger partial charge on any atom is 0.417 e. The lowest BCUT2D eigenvalue weighted by Crippen LogP contribution is -2.47. The van der Waals surface area contributed by atoms with Crippen LogP contribution in [0.4, 0.5) is 13.2 Å². The summed E-state index contributed by atoms with van der Waals surface area (Å²) in [6.07, 6.45) is 1.82. The predicted octanol–water partition coefficient (Wildman–Crippen LogP) is 6.50. The molecular weight excluding hydrogens is 439 g/mol. The van der Waals surface area contributed by atoms with Crippen LogP contribution >= 0.6 is 0 Å². The molecule has 178 valence electrons. The highest BCUT2D eigenvalue weighted by Gasteiger charge is 2.61. The molecule has 1 heterocycles. The first kappa shape index (κ1) is 22.7. The number of aromatic nitrogens is 2. The van der Waals surface area contributed by atoms with Gasteiger partial charge in [0.15, 0.2) is 0 Å². The lowest BCUT2D eigenvalue weighted by Gasteiger charge is -2.39. The van der Waals surface area contributed by atoms with E-state index in [0.717, 1.165) is 18.9 Å². The number of carbonyl (C=O) groups is 1. The summed E-state index contributed by atoms with van der Waals surface area (Å²) in [7, 11) is 0. The van der Waals surface area contributed by atoms with Crippen molar-refractivity contribution in [3.05, 3.63) is 72.3 Å². The minimum Gasteiger partial charge on any atom is -0.347 e. The summed E-state index contributed by atoms with van der Waals surface area (Å²) in [4.78, 5) is 17.5. The molecule has 0 radical (unpaired) electrons. The Labute approximate surface area is 197 Å². The molecular formula is C27H28F3N3O. The van der Waals surface area contributed by atoms with Gasteiger partial charge < -0.3 is 5.32 Å². The van der Waals surface area contributed by atoms with E-state index in [1.54, 1.807) is 34.9 Å². The topological polar surface area (TPSA) is 46.9 Å². The van der Waals surface area contributed by atoms with Gasteiger partial charge in [0.25, 0.3) is 5.91 Å². The SMILES string of the molecule is CC1(C)[C@H]2CC[C@@]1(C)[C@H](NC(=O)c1cncn1-c1cccc(-c3ccccc3C(F)(F)F)c1)C2. The van der Waals surface area contributed by atoms with Gasteiger partial charge >= 0.3 is 6.18 Å². The van der Waals surface area contributed by atoms with Crippen molar-refractivity contribution in [2.45, 2.75) is 52.3 Å². The normalized spacial score (nSPS) is 25.5. The first-order valence-corrected chi connectivity index (χ1v) is 11.6. The molecule has 1 amide bonds. The van der Waals surface area contributed by atoms with E-state index in [2.05, 4.69) is 31.1 Å². The third kappa shape index (κ3) is 3.44. The fourth-order valence-electron chi connectivity index (χ4n) is 6.13. The summed E-state index contributed by atoms with van der Waals surface area (Å²) in [5, 5.41) is 3.25. The Balaban J connectivity index is 1.45. The molecule has 0 unspecified atom stereocenters. The van der Waals surface area contributed by atoms with E-state index in [1.165, 1.54) is 31.1 Å². The van der Waals surface area contributed by atoms with Crippen molar-refractivity contribution in [3.63, 3.8) is 0 Å². The van der Waals surface area contributed by atoms with Gasteiger partial charge in [0.05, 0.1) is 18.1 Å². The van der Waals surface area contributed by atoms with Crippen LogP contribution in [0.25, 0.3) is 16.8 Å². The fraction of sp³-hybridized carbons (Fsp3) is 0.407. The average Bonchev–Trinajstić information content (AvgIpc) is 3.42. The second kappa shape index (κ2) is 7.72. The molecule has 1 N–H and O–H groups in total. The van der Waals surface area contributed by atoms with Crippen molar-refractivity contribution in [1.29, 1.82) is 0 Å². The minimum atomic E-state index is -4.46. The Morgan fingerprint density at radius 3 is 2.56 bits per heavy atom. The van der Waals surface area contributed by atoms with Gasteiger partial charge in [0, 0.05) is 11.7 Å². The number of nitrogens with one attached hydrogen (secondary N) is 1. The van der Waals surface area contributed by atoms with E-state index < -0.39 is 11.7 Å². The number of carbonyl (C=O) groups excluding carboxylic acids is 1. The first-order valence-electron chi connectivity index (χ1n) is 11.6. The molecule has 0 spiro atoms. The van der Waals surface area contributed by atoms with Crippen molar-refractivity contribution in [3.8, 4) is 16.8 Å². The Kier molecular flexibility index (Phi) is 5.15. The van der Waals surface area contributed by atoms with Crippen molar-refractivity contribution in [2.24, 2.45) is 16.7 Å². The van der Waals surface area contributed by atoms with Crippen LogP contribution in [0.1, 0.15) is 56.1 Å². The molecule has 3 atom stereocenters. The van der Waals surface area contributed by atoms with Gasteiger partial charge in [-0.25, -0.2) is 4.98 Å². The lowest BCUT2D eigenvalue weighted by molar-refractivity contribution is -0.137. The zero-order chi connectivity index (χ0) is 24.3. The third-order valence-corrected chi connectivity index (χ3v) is 8.64. The predicted molar refractivity (Wildman–Crippen MR) is 124 cm³/mol. The number of hydrogen-bond donors (Lipinski definition) is 1. The number of imidazole rings is 1. The fourth-order valence-corrected chi connectivity index (χ4v) is 6.13. The molecule has 2 aliphatic carbocycles. The molecule has 34 heavy (non-hydrogen) atoms. The molecule has 5 rings (SSSR count). The molecule has 2 aliphatic rings. The van der Waals surface area contributed by atoms with Crippen molar-refractivity contribution >= 4 is 5.91 Å². The molecule has 0 aliphatic heterocycles. The minimum absolute atomic E-state index is 0.0411. The quantitative estimate of drug-likeness (QED) is 0.476. The molecule has 3 aromatic rings. The number of amides is 1. The van der Waals surface area contributed by atoms with Gasteiger partial charge in [-0.2, -0.15) is 13.2 Å². The summed E-state index contributed by atoms with van der Waals surface area (Å²) >= 11 is 0. The van der Waals surface area contributed by atoms with Crippen molar-refractivity contribution in [1.82, 2.24) is 14.9 Å². The molecule has 1 aromatic heterocycles. The highest BCUT2D eigenvalue weighted by atomic mass is 19.4. The van der Waals surface area contributed by atoms with E-state index >= 15 is 0 Å². The van der Waals surface area contributed by atoms with Crippen molar-refractivity contribution in [2.75, 3.05) is 0 Å². The summed E-state index contributed by atoms with van der Waals surface area (Å²) in [5.41, 5.74) is 0.989. The number of alkyl halides is 3. The monoisotopic (exact) mass is 467 g/mol. The summed E-state index contributed by atoms with van der Waals surface area (Å²) in [6.45, 7) is 6.86. The van der Waals surface area contributed by atoms with Gasteiger partial charge in [0.1, 0.15) is 5.69 Å². The average molecular weight is 468 g/mol. The molecule has 2 saturated carbocycles. The van der Waals surface area contributed by atoms with Crippen molar-refractivity contribution < 1.29 is 18.0 Å². The first-order chi connectivity index (χ1) is 16.0. The van der Waals surface area contributed by atoms with E-state index in [1.807, 2.05) is 0 Å². The van der Waals surface area contributed by atoms with Crippen LogP contribution in [-0.2, 0) is 6.18 Å². The number of fused-ring (bicyclic) bond motifs is 2. The highest BCUT2D eigenvalue weighted by molar-refractivity contribution is 5.93. The van der Waals surface area contributed by atoms with Crippen LogP contribution in [0.3, 0.4) is 0 Å². The van der Waals surface area contributed by atoms with Crippen LogP contribution in [0, 0.1) is 16.7 Å². The maximum absolute atomic E-state index is 13.6. The van der Waals surface area contributed by atoms with Gasteiger partial charge in [-0.3, -0.25) is 9.36 Å². The van der Waals surface area contributed by atoms with Gasteiger partial charge in [-0.15, -0.1) is 0 Å². The van der Waals surface area contributed by atoms with Gasteiger partial charge in [-0.05, 0) is 65.3 Å². The van der Waals surface area contributed by atoms with E-state index in [9.17, 15) is 18.0 Å². The number of nitrogens with zero attached hydrogens (tertiary/aromatic N) is 2. The summed E-state index contributed by atoms with van der Waals surface area (Å²) < 4.78 is 42.3. The highest BCUT2D eigenvalue weighted by Crippen LogP contribution is 2.65. The summed E-state index contributed by atoms with van der Waals surface area (Å²) in [5.74, 6) is 0.381. The maximum atomic E-state index is 13.6. The molecule has 2 fully saturated rings. The third-order valence-electron chi connectivity index (χ3n) is 8.64. The standard InChI is InChI=1S/C27H28F3N3O/c1-25(2)18-11-12-26(25,3)23(14-18)32-24(34)22-15-31-16-33(22)19-8-6-7-17(13-19)20-9-4-5-10-21(20)27(28,29)30/h4-10,13,15-16,18,23H,11-12,14H2,1-3H3,(H,32,34)/t18-,23+,26-/m0/s1. The zero-order valence-corrected chi connectivity index (χ0v) is 19.5. The molecule has 0 saturated heterocycles. The van der Waals surface area contributed by atoms with E-state index in [-0.39, 0.29) is 28.3 Å². The lowest BCUT2D eigenvalue weighted by atomic mass is 9.69. The number of hydrogen-bond acceptors (Lipinski definition) is 2. The molecule has 4 nitrogen and oxygen atoms in total. The van der Waals surface area contributed by atoms with Crippen LogP contribution in [0.5, 0.6) is 0 Å². The van der Waals surface area contributed by atoms with E-state index in [0.29, 0.717) is 22.9 Å². The Morgan fingerprint density at radius 2 is 1.88 bits per heavy atom. The van der Waals surface area contributed by atoms with Gasteiger partial charge in [-0.1, -0.05) is 51.1 Å². The van der Waals surface area contributed by atoms with Crippen LogP contribution in [0.15, 0.2) is 61.1 Å². The summed E-state index contributed by atoms with van der Waals surface area (Å²) in [6, 6.07) is 12.3. The van der Waals surface area contributed by atoms with E-state index in [4.69, 9.17) is 0 Å². The second-order valence-electron chi connectivity index (χ2n) is 10.4. The van der Waals surface area contributed by atoms with Gasteiger partial charge in [0.2, 0.25) is 0 Å². The molecule has 7 heteroatoms. The zero-order valence-electron chi connectivity index (χ0n) is 19.5. The second-order valence-corrected chi connectivity index (χ2v) is 10.4. The largest absolute Gasteiger partial charge is 0.417 e. The Morgan fingerprint density at radius 1 is 1.12 bits per heavy atom.